The van der Waals surface area contributed by atoms with Gasteiger partial charge in [-0.15, -0.1) is 0 Å². The number of benzene rings is 1. The summed E-state index contributed by atoms with van der Waals surface area (Å²) in [6.07, 6.45) is 3.20. The van der Waals surface area contributed by atoms with Crippen molar-refractivity contribution in [3.8, 4) is 17.4 Å². The minimum Gasteiger partial charge on any atom is -0.493 e. The van der Waals surface area contributed by atoms with Crippen molar-refractivity contribution in [1.82, 2.24) is 19.7 Å². The van der Waals surface area contributed by atoms with E-state index in [0.29, 0.717) is 40.1 Å². The highest BCUT2D eigenvalue weighted by atomic mass is 16.5. The average Bonchev–Trinajstić information content (AvgIpc) is 3.08. The second kappa shape index (κ2) is 7.34. The van der Waals surface area contributed by atoms with Crippen LogP contribution < -0.4 is 14.8 Å². The lowest BCUT2D eigenvalue weighted by Gasteiger charge is -2.23. The molecule has 0 saturated carbocycles. The SMILES string of the molecule is COc1ccc(C(=O)[C@@H]2CC(=O)Nc3c2c(C)nn3-c2ncccn2)cc1OC. The number of aryl methyl sites for hydroxylation is 1. The molecule has 29 heavy (non-hydrogen) atoms. The minimum absolute atomic E-state index is 0.0301. The van der Waals surface area contributed by atoms with Gasteiger partial charge in [0.15, 0.2) is 17.3 Å². The summed E-state index contributed by atoms with van der Waals surface area (Å²) in [5.41, 5.74) is 1.72. The van der Waals surface area contributed by atoms with Crippen LogP contribution in [0.2, 0.25) is 0 Å². The number of ether oxygens (including phenoxy) is 2. The molecule has 1 atom stereocenters. The number of anilines is 1. The molecule has 1 amide bonds. The maximum Gasteiger partial charge on any atom is 0.252 e. The molecule has 1 aromatic carbocycles. The molecular weight excluding hydrogens is 374 g/mol. The lowest BCUT2D eigenvalue weighted by molar-refractivity contribution is -0.116. The molecule has 0 unspecified atom stereocenters. The largest absolute Gasteiger partial charge is 0.493 e. The van der Waals surface area contributed by atoms with Crippen LogP contribution in [0.5, 0.6) is 11.5 Å². The van der Waals surface area contributed by atoms with E-state index in [-0.39, 0.29) is 18.1 Å². The highest BCUT2D eigenvalue weighted by Crippen LogP contribution is 2.39. The van der Waals surface area contributed by atoms with Crippen molar-refractivity contribution in [1.29, 1.82) is 0 Å². The van der Waals surface area contributed by atoms with Gasteiger partial charge in [0, 0.05) is 29.9 Å². The highest BCUT2D eigenvalue weighted by Gasteiger charge is 2.37. The third-order valence-electron chi connectivity index (χ3n) is 4.83. The number of nitrogens with zero attached hydrogens (tertiary/aromatic N) is 4. The first-order chi connectivity index (χ1) is 14.0. The summed E-state index contributed by atoms with van der Waals surface area (Å²) in [7, 11) is 3.03. The summed E-state index contributed by atoms with van der Waals surface area (Å²) in [6.45, 7) is 1.80. The topological polar surface area (TPSA) is 108 Å². The first kappa shape index (κ1) is 18.6. The summed E-state index contributed by atoms with van der Waals surface area (Å²) >= 11 is 0. The first-order valence-corrected chi connectivity index (χ1v) is 8.96. The van der Waals surface area contributed by atoms with Gasteiger partial charge in [-0.3, -0.25) is 9.59 Å². The van der Waals surface area contributed by atoms with Crippen LogP contribution >= 0.6 is 0 Å². The summed E-state index contributed by atoms with van der Waals surface area (Å²) in [4.78, 5) is 34.1. The molecule has 1 aliphatic rings. The number of rotatable bonds is 5. The quantitative estimate of drug-likeness (QED) is 0.663. The zero-order valence-corrected chi connectivity index (χ0v) is 16.2. The molecule has 0 aliphatic carbocycles. The lowest BCUT2D eigenvalue weighted by Crippen LogP contribution is -2.28. The molecule has 4 rings (SSSR count). The maximum absolute atomic E-state index is 13.3. The Morgan fingerprint density at radius 3 is 2.59 bits per heavy atom. The molecule has 148 valence electrons. The maximum atomic E-state index is 13.3. The van der Waals surface area contributed by atoms with Crippen LogP contribution in [0.25, 0.3) is 5.95 Å². The van der Waals surface area contributed by atoms with E-state index in [4.69, 9.17) is 9.47 Å². The second-order valence-corrected chi connectivity index (χ2v) is 6.55. The Balaban J connectivity index is 1.79. The molecule has 9 nitrogen and oxygen atoms in total. The molecule has 0 saturated heterocycles. The standard InChI is InChI=1S/C20H19N5O4/c1-11-17-13(18(27)12-5-6-14(28-2)15(9-12)29-3)10-16(26)23-19(17)25(24-11)20-21-7-4-8-22-20/h4-9,13H,10H2,1-3H3,(H,23,26)/t13-/m1/s1. The first-order valence-electron chi connectivity index (χ1n) is 8.96. The molecule has 3 aromatic rings. The molecule has 3 heterocycles. The predicted molar refractivity (Wildman–Crippen MR) is 104 cm³/mol. The van der Waals surface area contributed by atoms with Crippen molar-refractivity contribution >= 4 is 17.5 Å². The second-order valence-electron chi connectivity index (χ2n) is 6.55. The molecular formula is C20H19N5O4. The Kier molecular flexibility index (Phi) is 4.71. The van der Waals surface area contributed by atoms with Gasteiger partial charge in [0.1, 0.15) is 5.82 Å². The van der Waals surface area contributed by atoms with E-state index in [1.165, 1.54) is 18.9 Å². The Bertz CT molecular complexity index is 1090. The van der Waals surface area contributed by atoms with Crippen molar-refractivity contribution < 1.29 is 19.1 Å². The molecule has 1 aliphatic heterocycles. The van der Waals surface area contributed by atoms with Crippen molar-refractivity contribution in [2.75, 3.05) is 19.5 Å². The van der Waals surface area contributed by atoms with E-state index in [1.807, 2.05) is 0 Å². The van der Waals surface area contributed by atoms with Gasteiger partial charge in [-0.05, 0) is 31.2 Å². The van der Waals surface area contributed by atoms with Gasteiger partial charge < -0.3 is 14.8 Å². The predicted octanol–water partition coefficient (Wildman–Crippen LogP) is 2.30. The van der Waals surface area contributed by atoms with E-state index in [2.05, 4.69) is 20.4 Å². The molecule has 9 heteroatoms. The van der Waals surface area contributed by atoms with Crippen LogP contribution in [0, 0.1) is 6.92 Å². The number of amides is 1. The normalized spacial score (nSPS) is 15.4. The number of nitrogens with one attached hydrogen (secondary N) is 1. The van der Waals surface area contributed by atoms with Crippen molar-refractivity contribution in [2.24, 2.45) is 0 Å². The van der Waals surface area contributed by atoms with Crippen molar-refractivity contribution in [3.63, 3.8) is 0 Å². The third kappa shape index (κ3) is 3.20. The Morgan fingerprint density at radius 2 is 1.90 bits per heavy atom. The Labute approximate surface area is 166 Å². The van der Waals surface area contributed by atoms with E-state index in [1.54, 1.807) is 43.6 Å². The van der Waals surface area contributed by atoms with E-state index >= 15 is 0 Å². The highest BCUT2D eigenvalue weighted by molar-refractivity contribution is 6.08. The zero-order chi connectivity index (χ0) is 20.5. The molecule has 0 radical (unpaired) electrons. The number of fused-ring (bicyclic) bond motifs is 1. The van der Waals surface area contributed by atoms with Crippen LogP contribution in [-0.4, -0.2) is 45.7 Å². The third-order valence-corrected chi connectivity index (χ3v) is 4.83. The molecule has 1 N–H and O–H groups in total. The fourth-order valence-electron chi connectivity index (χ4n) is 3.51. The summed E-state index contributed by atoms with van der Waals surface area (Å²) in [5, 5.41) is 7.27. The van der Waals surface area contributed by atoms with Crippen LogP contribution in [0.1, 0.15) is 34.0 Å². The fourth-order valence-corrected chi connectivity index (χ4v) is 3.51. The number of carbonyl (C=O) groups is 2. The van der Waals surface area contributed by atoms with Crippen LogP contribution in [-0.2, 0) is 4.79 Å². The van der Waals surface area contributed by atoms with Crippen molar-refractivity contribution in [2.45, 2.75) is 19.3 Å². The number of Topliss-reactive ketones (excluding diaryl/α,β-unsaturated/α-hetero) is 1. The zero-order valence-electron chi connectivity index (χ0n) is 16.2. The van der Waals surface area contributed by atoms with Crippen molar-refractivity contribution in [3.05, 3.63) is 53.5 Å². The van der Waals surface area contributed by atoms with Gasteiger partial charge in [0.2, 0.25) is 5.91 Å². The van der Waals surface area contributed by atoms with Crippen LogP contribution in [0.15, 0.2) is 36.7 Å². The molecule has 0 fully saturated rings. The molecule has 2 aromatic heterocycles. The van der Waals surface area contributed by atoms with Gasteiger partial charge in [0.05, 0.1) is 25.8 Å². The number of carbonyl (C=O) groups excluding carboxylic acids is 2. The van der Waals surface area contributed by atoms with E-state index in [0.717, 1.165) is 0 Å². The van der Waals surface area contributed by atoms with Gasteiger partial charge in [-0.1, -0.05) is 0 Å². The number of aromatic nitrogens is 4. The van der Waals surface area contributed by atoms with E-state index in [9.17, 15) is 9.59 Å². The molecule has 0 spiro atoms. The Hall–Kier alpha value is -3.75. The fraction of sp³-hybridized carbons (Fsp3) is 0.250. The van der Waals surface area contributed by atoms with Crippen LogP contribution in [0.4, 0.5) is 5.82 Å². The van der Waals surface area contributed by atoms with Gasteiger partial charge in [-0.25, -0.2) is 9.97 Å². The van der Waals surface area contributed by atoms with Gasteiger partial charge in [-0.2, -0.15) is 9.78 Å². The average molecular weight is 393 g/mol. The number of hydrogen-bond donors (Lipinski definition) is 1. The smallest absolute Gasteiger partial charge is 0.252 e. The lowest BCUT2D eigenvalue weighted by atomic mass is 9.85. The van der Waals surface area contributed by atoms with Gasteiger partial charge >= 0.3 is 0 Å². The number of ketones is 1. The summed E-state index contributed by atoms with van der Waals surface area (Å²) < 4.78 is 12.0. The number of methoxy groups -OCH3 is 2. The van der Waals surface area contributed by atoms with Gasteiger partial charge in [0.25, 0.3) is 5.95 Å². The summed E-state index contributed by atoms with van der Waals surface area (Å²) in [5.74, 6) is 0.571. The van der Waals surface area contributed by atoms with E-state index < -0.39 is 5.92 Å². The Morgan fingerprint density at radius 1 is 1.17 bits per heavy atom. The molecule has 0 bridgehead atoms. The summed E-state index contributed by atoms with van der Waals surface area (Å²) in [6, 6.07) is 6.64. The number of hydrogen-bond acceptors (Lipinski definition) is 7. The monoisotopic (exact) mass is 393 g/mol. The minimum atomic E-state index is -0.672. The van der Waals surface area contributed by atoms with Crippen LogP contribution in [0.3, 0.4) is 0 Å².